The van der Waals surface area contributed by atoms with Crippen LogP contribution in [0.5, 0.6) is 0 Å². The molecule has 2 aromatic rings. The third-order valence-corrected chi connectivity index (χ3v) is 4.04. The fraction of sp³-hybridized carbons (Fsp3) is 0.500. The number of nitrogens with zero attached hydrogens (tertiary/aromatic N) is 2. The maximum Gasteiger partial charge on any atom is 0.494 e. The van der Waals surface area contributed by atoms with E-state index in [4.69, 9.17) is 14.8 Å². The summed E-state index contributed by atoms with van der Waals surface area (Å²) in [6.07, 6.45) is -0.0745. The van der Waals surface area contributed by atoms with Gasteiger partial charge in [0.2, 0.25) is 0 Å². The largest absolute Gasteiger partial charge is 0.494 e. The summed E-state index contributed by atoms with van der Waals surface area (Å²) in [7, 11) is -0.556. The third kappa shape index (κ3) is 1.88. The Balaban J connectivity index is 2.04. The van der Waals surface area contributed by atoms with E-state index in [2.05, 4.69) is 5.10 Å². The van der Waals surface area contributed by atoms with Crippen LogP contribution in [0.2, 0.25) is 0 Å². The van der Waals surface area contributed by atoms with Gasteiger partial charge in [0.15, 0.2) is 0 Å². The second-order valence-corrected chi connectivity index (χ2v) is 5.89. The van der Waals surface area contributed by atoms with Crippen LogP contribution in [0.1, 0.15) is 33.2 Å². The van der Waals surface area contributed by atoms with E-state index in [1.165, 1.54) is 0 Å². The minimum atomic E-state index is -2.41. The van der Waals surface area contributed by atoms with Crippen molar-refractivity contribution in [3.63, 3.8) is 0 Å². The van der Waals surface area contributed by atoms with Gasteiger partial charge in [0.05, 0.1) is 24.3 Å². The van der Waals surface area contributed by atoms with E-state index in [0.717, 1.165) is 10.1 Å². The molecule has 0 aliphatic carbocycles. The predicted molar refractivity (Wildman–Crippen MR) is 76.4 cm³/mol. The lowest BCUT2D eigenvalue weighted by molar-refractivity contribution is 0.00578. The summed E-state index contributed by atoms with van der Waals surface area (Å²) >= 11 is 0. The molecule has 0 saturated carbocycles. The van der Waals surface area contributed by atoms with Crippen molar-refractivity contribution in [1.29, 1.82) is 0 Å². The molecule has 1 aromatic carbocycles. The van der Waals surface area contributed by atoms with Gasteiger partial charge >= 0.3 is 7.12 Å². The average molecular weight is 262 g/mol. The minimum absolute atomic E-state index is 0.0745. The van der Waals surface area contributed by atoms with Crippen LogP contribution in [-0.4, -0.2) is 28.1 Å². The van der Waals surface area contributed by atoms with Gasteiger partial charge in [0.25, 0.3) is 0 Å². The summed E-state index contributed by atoms with van der Waals surface area (Å²) in [5, 5.41) is 4.29. The molecule has 2 heterocycles. The molecule has 5 heteroatoms. The van der Waals surface area contributed by atoms with Gasteiger partial charge in [0.1, 0.15) is 0 Å². The highest BCUT2D eigenvalue weighted by Gasteiger charge is 2.51. The van der Waals surface area contributed by atoms with Crippen molar-refractivity contribution in [2.75, 3.05) is 0 Å². The smallest absolute Gasteiger partial charge is 0.399 e. The molecule has 0 spiro atoms. The van der Waals surface area contributed by atoms with Crippen LogP contribution >= 0.6 is 0 Å². The zero-order chi connectivity index (χ0) is 17.2. The molecular formula is C14H19BN2O2. The standard InChI is InChI=1S/C14H19BN2O2/c1-13(2)14(3,4)19-15(18-13)11-6-7-12-10(8-11)9-16-17(12)5/h6-9H,1-5H3/i5D3,9D. The van der Waals surface area contributed by atoms with E-state index in [1.54, 1.807) is 18.2 Å². The first kappa shape index (κ1) is 8.77. The molecule has 0 unspecified atom stereocenters. The molecule has 19 heavy (non-hydrogen) atoms. The first-order valence-corrected chi connectivity index (χ1v) is 6.28. The molecule has 0 bridgehead atoms. The van der Waals surface area contributed by atoms with Crippen molar-refractivity contribution >= 4 is 23.5 Å². The average Bonchev–Trinajstić information content (AvgIpc) is 2.84. The van der Waals surface area contributed by atoms with Crippen LogP contribution < -0.4 is 5.46 Å². The van der Waals surface area contributed by atoms with Crippen molar-refractivity contribution in [3.8, 4) is 0 Å². The molecule has 100 valence electrons. The van der Waals surface area contributed by atoms with Gasteiger partial charge in [0, 0.05) is 16.5 Å². The molecule has 0 radical (unpaired) electrons. The number of hydrogen-bond donors (Lipinski definition) is 0. The van der Waals surface area contributed by atoms with E-state index in [9.17, 15) is 0 Å². The van der Waals surface area contributed by atoms with Gasteiger partial charge in [-0.1, -0.05) is 12.1 Å². The molecule has 3 rings (SSSR count). The van der Waals surface area contributed by atoms with Gasteiger partial charge in [-0.3, -0.25) is 4.68 Å². The topological polar surface area (TPSA) is 36.3 Å². The van der Waals surface area contributed by atoms with Crippen LogP contribution in [0.3, 0.4) is 0 Å². The molecule has 1 aliphatic rings. The molecule has 0 atom stereocenters. The van der Waals surface area contributed by atoms with Gasteiger partial charge < -0.3 is 9.31 Å². The molecule has 1 saturated heterocycles. The van der Waals surface area contributed by atoms with E-state index in [1.807, 2.05) is 27.7 Å². The Morgan fingerprint density at radius 1 is 1.26 bits per heavy atom. The second-order valence-electron chi connectivity index (χ2n) is 5.89. The van der Waals surface area contributed by atoms with Crippen molar-refractivity contribution in [3.05, 3.63) is 24.4 Å². The van der Waals surface area contributed by atoms with E-state index in [0.29, 0.717) is 10.9 Å². The Morgan fingerprint density at radius 2 is 1.95 bits per heavy atom. The maximum absolute atomic E-state index is 7.92. The van der Waals surface area contributed by atoms with Gasteiger partial charge in [-0.05, 0) is 39.2 Å². The van der Waals surface area contributed by atoms with Gasteiger partial charge in [-0.15, -0.1) is 0 Å². The number of aryl methyl sites for hydroxylation is 1. The van der Waals surface area contributed by atoms with Crippen LogP contribution in [0.25, 0.3) is 10.9 Å². The Bertz CT molecular complexity index is 754. The quantitative estimate of drug-likeness (QED) is 0.736. The predicted octanol–water partition coefficient (Wildman–Crippen LogP) is 1.87. The molecule has 0 amide bonds. The lowest BCUT2D eigenvalue weighted by Crippen LogP contribution is -2.41. The summed E-state index contributed by atoms with van der Waals surface area (Å²) in [4.78, 5) is 0. The number of hydrogen-bond acceptors (Lipinski definition) is 3. The Morgan fingerprint density at radius 3 is 2.58 bits per heavy atom. The lowest BCUT2D eigenvalue weighted by Gasteiger charge is -2.32. The molecule has 4 nitrogen and oxygen atoms in total. The van der Waals surface area contributed by atoms with E-state index >= 15 is 0 Å². The highest BCUT2D eigenvalue weighted by molar-refractivity contribution is 6.62. The summed E-state index contributed by atoms with van der Waals surface area (Å²) < 4.78 is 43.3. The highest BCUT2D eigenvalue weighted by atomic mass is 16.7. The van der Waals surface area contributed by atoms with Crippen molar-refractivity contribution < 1.29 is 14.8 Å². The van der Waals surface area contributed by atoms with Crippen molar-refractivity contribution in [1.82, 2.24) is 9.78 Å². The number of benzene rings is 1. The molecular weight excluding hydrogens is 239 g/mol. The highest BCUT2D eigenvalue weighted by Crippen LogP contribution is 2.36. The Hall–Kier alpha value is -1.33. The molecule has 1 aliphatic heterocycles. The summed E-state index contributed by atoms with van der Waals surface area (Å²) in [6, 6.07) is 5.12. The third-order valence-electron chi connectivity index (χ3n) is 4.04. The fourth-order valence-corrected chi connectivity index (χ4v) is 2.11. The number of aromatic nitrogens is 2. The van der Waals surface area contributed by atoms with Gasteiger partial charge in [-0.25, -0.2) is 0 Å². The first-order chi connectivity index (χ1) is 10.4. The van der Waals surface area contributed by atoms with Crippen molar-refractivity contribution in [2.24, 2.45) is 6.98 Å². The Labute approximate surface area is 119 Å². The molecule has 1 aromatic heterocycles. The summed E-state index contributed by atoms with van der Waals surface area (Å²) in [5.41, 5.74) is 0.225. The van der Waals surface area contributed by atoms with Crippen LogP contribution in [0.15, 0.2) is 24.4 Å². The second kappa shape index (κ2) is 3.84. The SMILES string of the molecule is [2H]c1nn(C([2H])([2H])[2H])c2ccc(B3OC(C)(C)C(C)(C)O3)cc12. The fourth-order valence-electron chi connectivity index (χ4n) is 2.11. The maximum atomic E-state index is 7.92. The monoisotopic (exact) mass is 262 g/mol. The normalized spacial score (nSPS) is 24.9. The number of rotatable bonds is 1. The lowest BCUT2D eigenvalue weighted by atomic mass is 9.79. The Kier molecular flexibility index (Phi) is 1.77. The molecule has 1 fully saturated rings. The van der Waals surface area contributed by atoms with Gasteiger partial charge in [-0.2, -0.15) is 5.10 Å². The van der Waals surface area contributed by atoms with E-state index < -0.39 is 25.3 Å². The summed E-state index contributed by atoms with van der Waals surface area (Å²) in [5.74, 6) is 0. The molecule has 0 N–H and O–H groups in total. The zero-order valence-electron chi connectivity index (χ0n) is 15.5. The first-order valence-electron chi connectivity index (χ1n) is 8.28. The van der Waals surface area contributed by atoms with Crippen LogP contribution in [0.4, 0.5) is 0 Å². The van der Waals surface area contributed by atoms with Crippen LogP contribution in [0, 0.1) is 0 Å². The van der Waals surface area contributed by atoms with Crippen LogP contribution in [-0.2, 0) is 16.3 Å². The minimum Gasteiger partial charge on any atom is -0.399 e. The number of fused-ring (bicyclic) bond motifs is 1. The van der Waals surface area contributed by atoms with E-state index in [-0.39, 0.29) is 6.17 Å². The van der Waals surface area contributed by atoms with Crippen molar-refractivity contribution in [2.45, 2.75) is 38.9 Å². The summed E-state index contributed by atoms with van der Waals surface area (Å²) in [6.45, 7) is 5.45. The zero-order valence-corrected chi connectivity index (χ0v) is 11.5.